The fraction of sp³-hybridized carbons (Fsp3) is 0.143. The van der Waals surface area contributed by atoms with Gasteiger partial charge < -0.3 is 25.0 Å². The second-order valence-corrected chi connectivity index (χ2v) is 5.76. The fourth-order valence-electron chi connectivity index (χ4n) is 2.25. The normalized spacial score (nSPS) is 12.5. The first-order chi connectivity index (χ1) is 11.2. The molecule has 114 valence electrons. The zero-order valence-electron chi connectivity index (χ0n) is 11.7. The molecular formula is C14H10N6O2S. The molecule has 0 aliphatic carbocycles. The van der Waals surface area contributed by atoms with Gasteiger partial charge in [0.25, 0.3) is 0 Å². The third kappa shape index (κ3) is 2.39. The van der Waals surface area contributed by atoms with Crippen LogP contribution < -0.4 is 15.2 Å². The Labute approximate surface area is 134 Å². The summed E-state index contributed by atoms with van der Waals surface area (Å²) in [4.78, 5) is 19.9. The number of nitrogens with one attached hydrogen (secondary N) is 1. The zero-order valence-corrected chi connectivity index (χ0v) is 12.6. The molecule has 3 aromatic rings. The lowest BCUT2D eigenvalue weighted by Crippen LogP contribution is -1.92. The number of aromatic amines is 1. The summed E-state index contributed by atoms with van der Waals surface area (Å²) in [6.45, 7) is 7.56. The zero-order chi connectivity index (χ0) is 15.8. The maximum absolute atomic E-state index is 7.11. The minimum absolute atomic E-state index is 0.192. The summed E-state index contributed by atoms with van der Waals surface area (Å²) < 4.78 is 10.8. The Kier molecular flexibility index (Phi) is 3.17. The Morgan fingerprint density at radius 3 is 2.91 bits per heavy atom. The van der Waals surface area contributed by atoms with Gasteiger partial charge in [-0.05, 0) is 12.1 Å². The number of ether oxygens (including phenoxy) is 2. The van der Waals surface area contributed by atoms with Crippen LogP contribution in [0.3, 0.4) is 0 Å². The molecule has 0 radical (unpaired) electrons. The molecule has 0 fully saturated rings. The lowest BCUT2D eigenvalue weighted by Gasteiger charge is -2.05. The second-order valence-electron chi connectivity index (χ2n) is 4.73. The summed E-state index contributed by atoms with van der Waals surface area (Å²) in [5, 5.41) is 0.622. The summed E-state index contributed by atoms with van der Waals surface area (Å²) in [5.74, 6) is 1.65. The van der Waals surface area contributed by atoms with E-state index in [1.54, 1.807) is 0 Å². The van der Waals surface area contributed by atoms with E-state index in [0.29, 0.717) is 33.6 Å². The van der Waals surface area contributed by atoms with Gasteiger partial charge in [-0.15, -0.1) is 0 Å². The van der Waals surface area contributed by atoms with Crippen LogP contribution in [0, 0.1) is 6.57 Å². The van der Waals surface area contributed by atoms with Gasteiger partial charge in [-0.1, -0.05) is 11.8 Å². The summed E-state index contributed by atoms with van der Waals surface area (Å²) >= 11 is 1.39. The second kappa shape index (κ2) is 5.33. The lowest BCUT2D eigenvalue weighted by atomic mass is 10.2. The van der Waals surface area contributed by atoms with Crippen LogP contribution in [0.15, 0.2) is 28.5 Å². The maximum atomic E-state index is 7.11. The van der Waals surface area contributed by atoms with E-state index in [9.17, 15) is 0 Å². The molecule has 0 atom stereocenters. The van der Waals surface area contributed by atoms with Crippen molar-refractivity contribution >= 4 is 28.7 Å². The van der Waals surface area contributed by atoms with Crippen LogP contribution in [-0.2, 0) is 6.54 Å². The number of hydrogen-bond donors (Lipinski definition) is 2. The predicted molar refractivity (Wildman–Crippen MR) is 83.1 cm³/mol. The highest BCUT2D eigenvalue weighted by Gasteiger charge is 2.20. The number of H-pyrrole nitrogens is 1. The van der Waals surface area contributed by atoms with Crippen molar-refractivity contribution in [2.45, 2.75) is 16.6 Å². The van der Waals surface area contributed by atoms with E-state index < -0.39 is 0 Å². The van der Waals surface area contributed by atoms with E-state index in [1.165, 1.54) is 18.1 Å². The number of imidazole rings is 1. The van der Waals surface area contributed by atoms with Gasteiger partial charge in [0.05, 0.1) is 0 Å². The van der Waals surface area contributed by atoms with Crippen LogP contribution in [0.25, 0.3) is 16.0 Å². The van der Waals surface area contributed by atoms with Gasteiger partial charge in [-0.25, -0.2) is 21.5 Å². The average molecular weight is 326 g/mol. The van der Waals surface area contributed by atoms with Crippen molar-refractivity contribution in [1.82, 2.24) is 19.9 Å². The van der Waals surface area contributed by atoms with Gasteiger partial charge in [0.1, 0.15) is 6.33 Å². The summed E-state index contributed by atoms with van der Waals surface area (Å²) in [6.07, 6.45) is 1.38. The molecule has 0 saturated heterocycles. The Bertz CT molecular complexity index is 948. The number of nitrogens with two attached hydrogens (primary N) is 1. The summed E-state index contributed by atoms with van der Waals surface area (Å²) in [7, 11) is 0. The van der Waals surface area contributed by atoms with Gasteiger partial charge in [0.2, 0.25) is 13.3 Å². The highest BCUT2D eigenvalue weighted by atomic mass is 32.2. The molecule has 1 aromatic carbocycles. The van der Waals surface area contributed by atoms with Crippen molar-refractivity contribution in [2.75, 3.05) is 12.5 Å². The summed E-state index contributed by atoms with van der Waals surface area (Å²) in [5.41, 5.74) is 7.76. The molecule has 0 bridgehead atoms. The molecule has 1 aliphatic heterocycles. The highest BCUT2D eigenvalue weighted by Crippen LogP contribution is 2.40. The molecule has 0 amide bonds. The Hall–Kier alpha value is -2.99. The van der Waals surface area contributed by atoms with Crippen molar-refractivity contribution in [2.24, 2.45) is 0 Å². The Morgan fingerprint density at radius 1 is 1.30 bits per heavy atom. The molecule has 1 aliphatic rings. The third-order valence-electron chi connectivity index (χ3n) is 3.30. The van der Waals surface area contributed by atoms with Crippen molar-refractivity contribution in [1.29, 1.82) is 0 Å². The molecule has 8 nitrogen and oxygen atoms in total. The number of nitrogen functional groups attached to an aromatic ring is 1. The van der Waals surface area contributed by atoms with Crippen molar-refractivity contribution in [3.8, 4) is 11.5 Å². The number of aromatic nitrogens is 4. The van der Waals surface area contributed by atoms with Crippen LogP contribution in [0.5, 0.6) is 11.5 Å². The minimum Gasteiger partial charge on any atom is -0.454 e. The molecule has 3 N–H and O–H groups in total. The van der Waals surface area contributed by atoms with Crippen LogP contribution >= 0.6 is 11.8 Å². The van der Waals surface area contributed by atoms with Gasteiger partial charge in [-0.3, -0.25) is 0 Å². The smallest absolute Gasteiger partial charge is 0.241 e. The van der Waals surface area contributed by atoms with E-state index >= 15 is 0 Å². The molecule has 23 heavy (non-hydrogen) atoms. The molecule has 0 unspecified atom stereocenters. The van der Waals surface area contributed by atoms with Gasteiger partial charge in [0, 0.05) is 10.5 Å². The first kappa shape index (κ1) is 13.7. The standard InChI is InChI=1S/C14H10N6O2S/c1-16-4-7-2-8-9(22-6-21-8)3-10(7)23-14-19-11-12(15)17-5-18-13(11)20-14/h2-3,5H,4,6H2,(H3,15,17,18,19,20). The van der Waals surface area contributed by atoms with E-state index in [1.807, 2.05) is 12.1 Å². The van der Waals surface area contributed by atoms with Crippen LogP contribution in [0.2, 0.25) is 0 Å². The van der Waals surface area contributed by atoms with Gasteiger partial charge in [0.15, 0.2) is 33.6 Å². The van der Waals surface area contributed by atoms with E-state index in [2.05, 4.69) is 24.8 Å². The molecule has 9 heteroatoms. The first-order valence-corrected chi connectivity index (χ1v) is 7.46. The molecule has 0 spiro atoms. The molecule has 2 aromatic heterocycles. The van der Waals surface area contributed by atoms with Gasteiger partial charge >= 0.3 is 0 Å². The molecule has 0 saturated carbocycles. The van der Waals surface area contributed by atoms with E-state index in [-0.39, 0.29) is 13.3 Å². The Balaban J connectivity index is 1.75. The SMILES string of the molecule is [C-]#[N+]Cc1cc2c(cc1Sc1nc3c(N)ncnc3[nH]1)OCO2. The Morgan fingerprint density at radius 2 is 2.13 bits per heavy atom. The fourth-order valence-corrected chi connectivity index (χ4v) is 3.16. The number of rotatable bonds is 3. The molecule has 3 heterocycles. The van der Waals surface area contributed by atoms with E-state index in [4.69, 9.17) is 21.8 Å². The predicted octanol–water partition coefficient (Wildman–Crippen LogP) is 2.23. The minimum atomic E-state index is 0.192. The lowest BCUT2D eigenvalue weighted by molar-refractivity contribution is 0.174. The topological polar surface area (TPSA) is 103 Å². The van der Waals surface area contributed by atoms with Gasteiger partial charge in [-0.2, -0.15) is 0 Å². The largest absolute Gasteiger partial charge is 0.454 e. The van der Waals surface area contributed by atoms with E-state index in [0.717, 1.165) is 10.5 Å². The first-order valence-electron chi connectivity index (χ1n) is 6.64. The van der Waals surface area contributed by atoms with Crippen LogP contribution in [-0.4, -0.2) is 26.7 Å². The number of nitrogens with zero attached hydrogens (tertiary/aromatic N) is 4. The monoisotopic (exact) mass is 326 g/mol. The number of anilines is 1. The van der Waals surface area contributed by atoms with Crippen LogP contribution in [0.1, 0.15) is 5.56 Å². The van der Waals surface area contributed by atoms with Crippen molar-refractivity contribution in [3.05, 3.63) is 35.4 Å². The number of fused-ring (bicyclic) bond motifs is 2. The molecular weight excluding hydrogens is 316 g/mol. The van der Waals surface area contributed by atoms with Crippen molar-refractivity contribution in [3.63, 3.8) is 0 Å². The third-order valence-corrected chi connectivity index (χ3v) is 4.29. The van der Waals surface area contributed by atoms with Crippen molar-refractivity contribution < 1.29 is 9.47 Å². The highest BCUT2D eigenvalue weighted by molar-refractivity contribution is 7.99. The maximum Gasteiger partial charge on any atom is 0.241 e. The number of hydrogen-bond acceptors (Lipinski definition) is 7. The average Bonchev–Trinajstić information content (AvgIpc) is 3.14. The summed E-state index contributed by atoms with van der Waals surface area (Å²) in [6, 6.07) is 3.69. The molecule has 4 rings (SSSR count). The number of benzene rings is 1. The van der Waals surface area contributed by atoms with Crippen LogP contribution in [0.4, 0.5) is 5.82 Å². The quantitative estimate of drug-likeness (QED) is 0.711.